The van der Waals surface area contributed by atoms with Gasteiger partial charge in [-0.1, -0.05) is 84.9 Å². The van der Waals surface area contributed by atoms with Crippen LogP contribution in [0.25, 0.3) is 21.5 Å². The molecule has 2 N–H and O–H groups in total. The maximum absolute atomic E-state index is 13.3. The molecule has 6 rings (SSSR count). The van der Waals surface area contributed by atoms with Gasteiger partial charge in [0.15, 0.2) is 0 Å². The molecular weight excluding hydrogens is 466 g/mol. The first kappa shape index (κ1) is 23.0. The number of piperazine rings is 1. The lowest BCUT2D eigenvalue weighted by molar-refractivity contribution is -0.161. The number of nitrogens with zero attached hydrogens (tertiary/aromatic N) is 3. The van der Waals surface area contributed by atoms with Crippen LogP contribution >= 0.6 is 0 Å². The molecule has 0 aromatic heterocycles. The number of hydrogen-bond donors (Lipinski definition) is 2. The van der Waals surface area contributed by atoms with Gasteiger partial charge in [-0.3, -0.25) is 9.59 Å². The van der Waals surface area contributed by atoms with Crippen LogP contribution in [0.15, 0.2) is 84.9 Å². The van der Waals surface area contributed by atoms with Crippen LogP contribution in [-0.4, -0.2) is 58.5 Å². The molecule has 8 heteroatoms. The molecule has 8 nitrogen and oxygen atoms in total. The number of rotatable bonds is 4. The van der Waals surface area contributed by atoms with Gasteiger partial charge in [0.2, 0.25) is 11.8 Å². The number of carbonyl (C=O) groups excluding carboxylic acids is 3. The van der Waals surface area contributed by atoms with Crippen LogP contribution in [-0.2, 0) is 22.7 Å². The van der Waals surface area contributed by atoms with Gasteiger partial charge in [-0.05, 0) is 32.7 Å². The summed E-state index contributed by atoms with van der Waals surface area (Å²) < 4.78 is 0. The number of carbonyl (C=O) groups is 3. The van der Waals surface area contributed by atoms with Crippen molar-refractivity contribution in [3.05, 3.63) is 96.1 Å². The highest BCUT2D eigenvalue weighted by molar-refractivity contribution is 5.90. The fourth-order valence-electron chi connectivity index (χ4n) is 5.28. The van der Waals surface area contributed by atoms with Gasteiger partial charge in [-0.15, -0.1) is 0 Å². The zero-order chi connectivity index (χ0) is 25.4. The van der Waals surface area contributed by atoms with Gasteiger partial charge in [-0.25, -0.2) is 15.2 Å². The lowest BCUT2D eigenvalue weighted by Crippen LogP contribution is -2.73. The van der Waals surface area contributed by atoms with E-state index in [9.17, 15) is 14.4 Å². The van der Waals surface area contributed by atoms with E-state index in [1.807, 2.05) is 84.9 Å². The van der Waals surface area contributed by atoms with E-state index in [-0.39, 0.29) is 37.5 Å². The summed E-state index contributed by atoms with van der Waals surface area (Å²) in [7, 11) is 0. The average molecular weight is 494 g/mol. The summed E-state index contributed by atoms with van der Waals surface area (Å²) >= 11 is 0. The number of amides is 4. The molecule has 2 saturated heterocycles. The fourth-order valence-corrected chi connectivity index (χ4v) is 5.28. The van der Waals surface area contributed by atoms with Crippen molar-refractivity contribution in [2.45, 2.75) is 19.3 Å². The van der Waals surface area contributed by atoms with Crippen LogP contribution in [0.3, 0.4) is 0 Å². The summed E-state index contributed by atoms with van der Waals surface area (Å²) in [6.45, 7) is 0.891. The van der Waals surface area contributed by atoms with Crippen LogP contribution in [0.4, 0.5) is 4.79 Å². The minimum Gasteiger partial charge on any atom is -0.333 e. The Morgan fingerprint density at radius 2 is 1.43 bits per heavy atom. The Labute approximate surface area is 214 Å². The van der Waals surface area contributed by atoms with Crippen LogP contribution in [0, 0.1) is 0 Å². The first-order valence-electron chi connectivity index (χ1n) is 12.4. The molecule has 0 aliphatic carbocycles. The molecule has 0 radical (unpaired) electrons. The fraction of sp³-hybridized carbons (Fsp3) is 0.207. The molecule has 4 aromatic carbocycles. The van der Waals surface area contributed by atoms with Gasteiger partial charge in [0.1, 0.15) is 12.7 Å². The third kappa shape index (κ3) is 4.36. The Morgan fingerprint density at radius 3 is 2.16 bits per heavy atom. The van der Waals surface area contributed by atoms with Gasteiger partial charge < -0.3 is 15.1 Å². The van der Waals surface area contributed by atoms with Crippen LogP contribution < -0.4 is 10.7 Å². The lowest BCUT2D eigenvalue weighted by atomic mass is 10.0. The van der Waals surface area contributed by atoms with E-state index in [0.717, 1.165) is 32.7 Å². The maximum atomic E-state index is 13.3. The van der Waals surface area contributed by atoms with Crippen LogP contribution in [0.2, 0.25) is 0 Å². The predicted octanol–water partition coefficient (Wildman–Crippen LogP) is 3.22. The molecule has 1 unspecified atom stereocenters. The highest BCUT2D eigenvalue weighted by Gasteiger charge is 2.43. The number of nitrogens with one attached hydrogen (secondary N) is 2. The minimum absolute atomic E-state index is 0.0329. The Balaban J connectivity index is 1.21. The molecule has 0 spiro atoms. The standard InChI is InChI=1S/C29H27N5O3/c35-27-16-31-34(29(37)30-15-22-11-5-9-20-7-1-3-13-24(20)22)26-18-32(28(36)19-33(26)27)17-23-12-6-10-21-8-2-4-14-25(21)23/h1-14,26,31H,15-19H2,(H,30,37). The number of hydrazine groups is 1. The van der Waals surface area contributed by atoms with Crippen molar-refractivity contribution in [1.82, 2.24) is 25.6 Å². The number of urea groups is 1. The van der Waals surface area contributed by atoms with Gasteiger partial charge in [0.25, 0.3) is 0 Å². The van der Waals surface area contributed by atoms with Gasteiger partial charge in [-0.2, -0.15) is 0 Å². The smallest absolute Gasteiger partial charge is 0.333 e. The lowest BCUT2D eigenvalue weighted by Gasteiger charge is -2.48. The third-order valence-electron chi connectivity index (χ3n) is 7.19. The number of hydrogen-bond acceptors (Lipinski definition) is 4. The molecular formula is C29H27N5O3. The summed E-state index contributed by atoms with van der Waals surface area (Å²) in [6, 6.07) is 27.8. The van der Waals surface area contributed by atoms with Crippen molar-refractivity contribution in [2.75, 3.05) is 19.6 Å². The summed E-state index contributed by atoms with van der Waals surface area (Å²) in [5, 5.41) is 8.83. The normalized spacial score (nSPS) is 17.8. The minimum atomic E-state index is -0.596. The van der Waals surface area contributed by atoms with Crippen molar-refractivity contribution < 1.29 is 14.4 Å². The maximum Gasteiger partial charge on any atom is 0.334 e. The Hall–Kier alpha value is -4.43. The van der Waals surface area contributed by atoms with Crippen molar-refractivity contribution in [3.8, 4) is 0 Å². The molecule has 4 aromatic rings. The second kappa shape index (κ2) is 9.55. The molecule has 186 valence electrons. The van der Waals surface area contributed by atoms with Crippen LogP contribution in [0.5, 0.6) is 0 Å². The quantitative estimate of drug-likeness (QED) is 0.457. The Kier molecular flexibility index (Phi) is 5.94. The largest absolute Gasteiger partial charge is 0.334 e. The van der Waals surface area contributed by atoms with Crippen LogP contribution in [0.1, 0.15) is 11.1 Å². The Morgan fingerprint density at radius 1 is 0.811 bits per heavy atom. The van der Waals surface area contributed by atoms with Gasteiger partial charge in [0, 0.05) is 13.1 Å². The molecule has 1 atom stereocenters. The Bertz CT molecular complexity index is 1510. The first-order chi connectivity index (χ1) is 18.1. The van der Waals surface area contributed by atoms with E-state index in [2.05, 4.69) is 10.7 Å². The second-order valence-electron chi connectivity index (χ2n) is 9.42. The molecule has 2 aliphatic heterocycles. The predicted molar refractivity (Wildman–Crippen MR) is 141 cm³/mol. The number of fused-ring (bicyclic) bond motifs is 3. The van der Waals surface area contributed by atoms with E-state index in [1.54, 1.807) is 4.90 Å². The van der Waals surface area contributed by atoms with E-state index in [0.29, 0.717) is 13.1 Å². The van der Waals surface area contributed by atoms with E-state index >= 15 is 0 Å². The molecule has 0 saturated carbocycles. The van der Waals surface area contributed by atoms with Gasteiger partial charge >= 0.3 is 6.03 Å². The molecule has 2 fully saturated rings. The van der Waals surface area contributed by atoms with Crippen molar-refractivity contribution >= 4 is 39.4 Å². The van der Waals surface area contributed by atoms with E-state index in [4.69, 9.17) is 0 Å². The zero-order valence-corrected chi connectivity index (χ0v) is 20.3. The summed E-state index contributed by atoms with van der Waals surface area (Å²) in [6.07, 6.45) is -0.596. The highest BCUT2D eigenvalue weighted by atomic mass is 16.2. The van der Waals surface area contributed by atoms with Crippen molar-refractivity contribution in [2.24, 2.45) is 0 Å². The molecule has 37 heavy (non-hydrogen) atoms. The summed E-state index contributed by atoms with van der Waals surface area (Å²) in [5.41, 5.74) is 5.00. The second-order valence-corrected chi connectivity index (χ2v) is 9.42. The third-order valence-corrected chi connectivity index (χ3v) is 7.19. The highest BCUT2D eigenvalue weighted by Crippen LogP contribution is 2.24. The topological polar surface area (TPSA) is 85.0 Å². The summed E-state index contributed by atoms with van der Waals surface area (Å²) in [5.74, 6) is -0.322. The monoisotopic (exact) mass is 493 g/mol. The van der Waals surface area contributed by atoms with E-state index < -0.39 is 6.17 Å². The molecule has 0 bridgehead atoms. The van der Waals surface area contributed by atoms with Crippen molar-refractivity contribution in [3.63, 3.8) is 0 Å². The SMILES string of the molecule is O=C1CN2C(=O)CNN(C(=O)NCc3cccc4ccccc34)C2CN1Cc1cccc2ccccc12. The molecule has 4 amide bonds. The summed E-state index contributed by atoms with van der Waals surface area (Å²) in [4.78, 5) is 42.2. The molecule has 2 aliphatic rings. The van der Waals surface area contributed by atoms with Crippen molar-refractivity contribution in [1.29, 1.82) is 0 Å². The first-order valence-corrected chi connectivity index (χ1v) is 12.4. The average Bonchev–Trinajstić information content (AvgIpc) is 2.93. The van der Waals surface area contributed by atoms with E-state index in [1.165, 1.54) is 9.91 Å². The number of benzene rings is 4. The van der Waals surface area contributed by atoms with Gasteiger partial charge in [0.05, 0.1) is 13.1 Å². The zero-order valence-electron chi connectivity index (χ0n) is 20.3. The molecule has 2 heterocycles.